The molecule has 0 saturated carbocycles. The lowest BCUT2D eigenvalue weighted by Crippen LogP contribution is -2.33. The van der Waals surface area contributed by atoms with Gasteiger partial charge in [-0.25, -0.2) is 9.37 Å². The predicted molar refractivity (Wildman–Crippen MR) is 138 cm³/mol. The summed E-state index contributed by atoms with van der Waals surface area (Å²) < 4.78 is 19.6. The summed E-state index contributed by atoms with van der Waals surface area (Å²) in [5.41, 5.74) is 1.46. The summed E-state index contributed by atoms with van der Waals surface area (Å²) in [5, 5.41) is 15.6. The van der Waals surface area contributed by atoms with E-state index in [2.05, 4.69) is 41.5 Å². The molecule has 11 heteroatoms. The van der Waals surface area contributed by atoms with Gasteiger partial charge in [0.15, 0.2) is 0 Å². The van der Waals surface area contributed by atoms with Crippen LogP contribution in [-0.4, -0.2) is 51.6 Å². The molecule has 0 unspecified atom stereocenters. The number of likely N-dealkylation sites (tertiary alicyclic amines) is 1. The first-order valence-electron chi connectivity index (χ1n) is 11.9. The Balaban J connectivity index is 1.32. The van der Waals surface area contributed by atoms with Crippen LogP contribution in [0, 0.1) is 17.1 Å². The Morgan fingerprint density at radius 3 is 2.81 bits per heavy atom. The molecule has 0 aliphatic carbocycles. The molecule has 0 amide bonds. The minimum absolute atomic E-state index is 0.152. The molecular formula is C26H25FN8O2. The average Bonchev–Trinajstić information content (AvgIpc) is 2.91. The summed E-state index contributed by atoms with van der Waals surface area (Å²) >= 11 is 0. The van der Waals surface area contributed by atoms with Crippen molar-refractivity contribution < 1.29 is 9.13 Å². The number of nitriles is 1. The highest BCUT2D eigenvalue weighted by atomic mass is 19.1. The van der Waals surface area contributed by atoms with Gasteiger partial charge in [-0.05, 0) is 44.1 Å². The molecule has 3 N–H and O–H groups in total. The van der Waals surface area contributed by atoms with Crippen LogP contribution in [0.5, 0.6) is 5.75 Å². The number of aromatic nitrogens is 4. The number of ether oxygens (including phenoxy) is 1. The van der Waals surface area contributed by atoms with E-state index in [1.54, 1.807) is 43.8 Å². The number of halogens is 1. The number of piperidine rings is 1. The first-order chi connectivity index (χ1) is 18.0. The molecule has 3 aromatic heterocycles. The molecule has 4 heterocycles. The molecular weight excluding hydrogens is 475 g/mol. The lowest BCUT2D eigenvalue weighted by atomic mass is 9.93. The van der Waals surface area contributed by atoms with Crippen LogP contribution in [0.1, 0.15) is 24.5 Å². The summed E-state index contributed by atoms with van der Waals surface area (Å²) in [7, 11) is 1.59. The molecule has 5 rings (SSSR count). The van der Waals surface area contributed by atoms with Crippen molar-refractivity contribution in [2.24, 2.45) is 0 Å². The van der Waals surface area contributed by atoms with Crippen LogP contribution in [-0.2, 0) is 0 Å². The highest BCUT2D eigenvalue weighted by molar-refractivity contribution is 5.82. The zero-order chi connectivity index (χ0) is 25.8. The third kappa shape index (κ3) is 5.34. The van der Waals surface area contributed by atoms with Crippen molar-refractivity contribution in [2.75, 3.05) is 37.4 Å². The molecule has 188 valence electrons. The second-order valence-electron chi connectivity index (χ2n) is 8.75. The van der Waals surface area contributed by atoms with Crippen LogP contribution in [0.15, 0.2) is 53.6 Å². The number of hydrogen-bond donors (Lipinski definition) is 3. The van der Waals surface area contributed by atoms with E-state index in [0.29, 0.717) is 35.1 Å². The lowest BCUT2D eigenvalue weighted by molar-refractivity contribution is 0.233. The molecule has 1 aliphatic heterocycles. The summed E-state index contributed by atoms with van der Waals surface area (Å²) in [5.74, 6) is 1.08. The predicted octanol–water partition coefficient (Wildman–Crippen LogP) is 4.05. The van der Waals surface area contributed by atoms with Gasteiger partial charge in [-0.2, -0.15) is 10.2 Å². The maximum absolute atomic E-state index is 14.0. The average molecular weight is 501 g/mol. The van der Waals surface area contributed by atoms with Crippen molar-refractivity contribution >= 4 is 34.0 Å². The molecule has 4 aromatic rings. The maximum atomic E-state index is 14.0. The number of anilines is 4. The van der Waals surface area contributed by atoms with Gasteiger partial charge in [-0.3, -0.25) is 14.7 Å². The van der Waals surface area contributed by atoms with Gasteiger partial charge in [0.1, 0.15) is 28.8 Å². The summed E-state index contributed by atoms with van der Waals surface area (Å²) in [4.78, 5) is 30.5. The van der Waals surface area contributed by atoms with E-state index in [0.717, 1.165) is 31.6 Å². The Kier molecular flexibility index (Phi) is 6.91. The number of hydrogen-bond acceptors (Lipinski definition) is 9. The minimum Gasteiger partial charge on any atom is -0.494 e. The van der Waals surface area contributed by atoms with Gasteiger partial charge in [0.2, 0.25) is 5.95 Å². The van der Waals surface area contributed by atoms with Gasteiger partial charge in [-0.15, -0.1) is 0 Å². The van der Waals surface area contributed by atoms with Gasteiger partial charge in [0.25, 0.3) is 5.56 Å². The molecule has 1 aliphatic rings. The highest BCUT2D eigenvalue weighted by Crippen LogP contribution is 2.33. The van der Waals surface area contributed by atoms with Crippen LogP contribution >= 0.6 is 0 Å². The number of fused-ring (bicyclic) bond motifs is 1. The number of nitrogens with zero attached hydrogens (tertiary/aromatic N) is 5. The van der Waals surface area contributed by atoms with Crippen LogP contribution in [0.3, 0.4) is 0 Å². The number of H-pyrrole nitrogens is 1. The Morgan fingerprint density at radius 1 is 1.19 bits per heavy atom. The molecule has 0 spiro atoms. The first-order valence-corrected chi connectivity index (χ1v) is 11.9. The van der Waals surface area contributed by atoms with E-state index >= 15 is 0 Å². The third-order valence-electron chi connectivity index (χ3n) is 6.40. The van der Waals surface area contributed by atoms with E-state index < -0.39 is 11.4 Å². The van der Waals surface area contributed by atoms with E-state index in [1.807, 2.05) is 6.07 Å². The number of benzene rings is 1. The standard InChI is InChI=1S/C26H25FN8O2/c1-37-22-14-19(16-6-10-35(11-7-16)12-8-28)30-15-21(22)32-26-29-9-5-23(33-26)31-20-13-17-3-2-4-18(27)24(17)34-25(20)36/h2-5,9,13-16H,6-7,10-12H2,1H3,(H,34,36)(H2,29,31,32,33). The quantitative estimate of drug-likeness (QED) is 0.322. The number of rotatable bonds is 7. The SMILES string of the molecule is COc1cc(C2CCN(CC#N)CC2)ncc1Nc1nccc(Nc2cc3cccc(F)c3[nH]c2=O)n1. The Labute approximate surface area is 212 Å². The van der Waals surface area contributed by atoms with Gasteiger partial charge >= 0.3 is 0 Å². The Morgan fingerprint density at radius 2 is 2.03 bits per heavy atom. The van der Waals surface area contributed by atoms with E-state index in [9.17, 15) is 9.18 Å². The van der Waals surface area contributed by atoms with E-state index in [4.69, 9.17) is 10.00 Å². The van der Waals surface area contributed by atoms with Gasteiger partial charge in [0.05, 0.1) is 31.4 Å². The monoisotopic (exact) mass is 500 g/mol. The molecule has 1 saturated heterocycles. The zero-order valence-corrected chi connectivity index (χ0v) is 20.2. The van der Waals surface area contributed by atoms with Crippen molar-refractivity contribution in [3.63, 3.8) is 0 Å². The van der Waals surface area contributed by atoms with E-state index in [1.165, 1.54) is 6.07 Å². The minimum atomic E-state index is -0.493. The van der Waals surface area contributed by atoms with Crippen LogP contribution in [0.4, 0.5) is 27.5 Å². The molecule has 0 atom stereocenters. The second kappa shape index (κ2) is 10.6. The van der Waals surface area contributed by atoms with Crippen LogP contribution < -0.4 is 20.9 Å². The fourth-order valence-corrected chi connectivity index (χ4v) is 4.46. The summed E-state index contributed by atoms with van der Waals surface area (Å²) in [6.45, 7) is 2.18. The molecule has 1 aromatic carbocycles. The van der Waals surface area contributed by atoms with Crippen molar-refractivity contribution in [2.45, 2.75) is 18.8 Å². The smallest absolute Gasteiger partial charge is 0.272 e. The van der Waals surface area contributed by atoms with Gasteiger partial charge < -0.3 is 20.4 Å². The number of pyridine rings is 2. The molecule has 10 nitrogen and oxygen atoms in total. The highest BCUT2D eigenvalue weighted by Gasteiger charge is 2.22. The van der Waals surface area contributed by atoms with Crippen molar-refractivity contribution in [3.8, 4) is 11.8 Å². The molecule has 1 fully saturated rings. The number of methoxy groups -OCH3 is 1. The Hall–Kier alpha value is -4.56. The van der Waals surface area contributed by atoms with Crippen LogP contribution in [0.2, 0.25) is 0 Å². The molecule has 0 radical (unpaired) electrons. The Bertz CT molecular complexity index is 1530. The van der Waals surface area contributed by atoms with Crippen molar-refractivity contribution in [3.05, 3.63) is 70.7 Å². The van der Waals surface area contributed by atoms with Crippen molar-refractivity contribution in [1.82, 2.24) is 24.8 Å². The van der Waals surface area contributed by atoms with Crippen LogP contribution in [0.25, 0.3) is 10.9 Å². The topological polar surface area (TPSA) is 132 Å². The zero-order valence-electron chi connectivity index (χ0n) is 20.2. The lowest BCUT2D eigenvalue weighted by Gasteiger charge is -2.30. The number of aromatic amines is 1. The maximum Gasteiger partial charge on any atom is 0.272 e. The summed E-state index contributed by atoms with van der Waals surface area (Å²) in [6.07, 6.45) is 5.11. The second-order valence-corrected chi connectivity index (χ2v) is 8.75. The number of nitrogens with one attached hydrogen (secondary N) is 3. The summed E-state index contributed by atoms with van der Waals surface area (Å²) in [6, 6.07) is 11.9. The fraction of sp³-hybridized carbons (Fsp3) is 0.269. The third-order valence-corrected chi connectivity index (χ3v) is 6.40. The van der Waals surface area contributed by atoms with Gasteiger partial charge in [0, 0.05) is 29.3 Å². The van der Waals surface area contributed by atoms with Crippen molar-refractivity contribution in [1.29, 1.82) is 5.26 Å². The van der Waals surface area contributed by atoms with E-state index in [-0.39, 0.29) is 17.2 Å². The molecule has 0 bridgehead atoms. The fourth-order valence-electron chi connectivity index (χ4n) is 4.46. The normalized spacial score (nSPS) is 14.3. The van der Waals surface area contributed by atoms with Gasteiger partial charge in [-0.1, -0.05) is 12.1 Å². The molecule has 37 heavy (non-hydrogen) atoms. The first kappa shape index (κ1) is 24.1. The largest absolute Gasteiger partial charge is 0.494 e. The number of para-hydroxylation sites is 1.